The van der Waals surface area contributed by atoms with E-state index >= 15 is 0 Å². The molecule has 3 heterocycles. The third-order valence-electron chi connectivity index (χ3n) is 3.44. The minimum absolute atomic E-state index is 0.0279. The van der Waals surface area contributed by atoms with E-state index in [1.807, 2.05) is 12.1 Å². The minimum atomic E-state index is 0.0279. The smallest absolute Gasteiger partial charge is 0.160 e. The number of alkyl halides is 1. The Labute approximate surface area is 127 Å². The highest BCUT2D eigenvalue weighted by Crippen LogP contribution is 2.31. The van der Waals surface area contributed by atoms with Crippen molar-refractivity contribution in [1.29, 1.82) is 0 Å². The Kier molecular flexibility index (Phi) is 3.52. The molecule has 0 saturated carbocycles. The lowest BCUT2D eigenvalue weighted by Crippen LogP contribution is -2.24. The van der Waals surface area contributed by atoms with Gasteiger partial charge >= 0.3 is 0 Å². The van der Waals surface area contributed by atoms with Crippen LogP contribution in [0.25, 0.3) is 11.2 Å². The van der Waals surface area contributed by atoms with Gasteiger partial charge in [-0.3, -0.25) is 0 Å². The standard InChI is InChI=1S/C15H16ClN3S/c1-15(2,12-6-4-8-20-12)10-19-13(9-16)18-11-5-3-7-17-14(11)19/h3-8H,9-10H2,1-2H3. The summed E-state index contributed by atoms with van der Waals surface area (Å²) < 4.78 is 2.14. The molecule has 0 aliphatic heterocycles. The summed E-state index contributed by atoms with van der Waals surface area (Å²) in [5, 5.41) is 2.11. The van der Waals surface area contributed by atoms with Crippen molar-refractivity contribution in [3.05, 3.63) is 46.5 Å². The molecule has 3 nitrogen and oxygen atoms in total. The van der Waals surface area contributed by atoms with Gasteiger partial charge < -0.3 is 4.57 Å². The fourth-order valence-electron chi connectivity index (χ4n) is 2.41. The third kappa shape index (κ3) is 2.34. The van der Waals surface area contributed by atoms with Crippen molar-refractivity contribution in [3.8, 4) is 0 Å². The molecule has 0 atom stereocenters. The van der Waals surface area contributed by atoms with E-state index < -0.39 is 0 Å². The second-order valence-corrected chi connectivity index (χ2v) is 6.67. The van der Waals surface area contributed by atoms with Gasteiger partial charge in [-0.1, -0.05) is 19.9 Å². The summed E-state index contributed by atoms with van der Waals surface area (Å²) >= 11 is 7.83. The van der Waals surface area contributed by atoms with Gasteiger partial charge in [0.25, 0.3) is 0 Å². The maximum absolute atomic E-state index is 6.05. The SMILES string of the molecule is CC(C)(Cn1c(CCl)nc2cccnc21)c1cccs1. The predicted molar refractivity (Wildman–Crippen MR) is 84.4 cm³/mol. The van der Waals surface area contributed by atoms with Crippen LogP contribution in [0.3, 0.4) is 0 Å². The van der Waals surface area contributed by atoms with Gasteiger partial charge in [-0.15, -0.1) is 22.9 Å². The lowest BCUT2D eigenvalue weighted by atomic mass is 9.91. The Morgan fingerprint density at radius 3 is 2.85 bits per heavy atom. The molecule has 3 aromatic heterocycles. The molecule has 0 spiro atoms. The summed E-state index contributed by atoms with van der Waals surface area (Å²) in [5.74, 6) is 1.28. The first kappa shape index (κ1) is 13.6. The quantitative estimate of drug-likeness (QED) is 0.676. The van der Waals surface area contributed by atoms with E-state index in [1.54, 1.807) is 17.5 Å². The second kappa shape index (κ2) is 5.19. The van der Waals surface area contributed by atoms with Gasteiger partial charge in [-0.05, 0) is 23.6 Å². The monoisotopic (exact) mass is 305 g/mol. The molecular weight excluding hydrogens is 290 g/mol. The molecule has 0 bridgehead atoms. The number of aromatic nitrogens is 3. The average Bonchev–Trinajstić information content (AvgIpc) is 3.07. The van der Waals surface area contributed by atoms with Crippen LogP contribution in [0.1, 0.15) is 24.5 Å². The maximum atomic E-state index is 6.05. The number of nitrogens with zero attached hydrogens (tertiary/aromatic N) is 3. The molecule has 0 amide bonds. The molecule has 0 aliphatic rings. The van der Waals surface area contributed by atoms with E-state index in [0.717, 1.165) is 23.5 Å². The van der Waals surface area contributed by atoms with Crippen LogP contribution >= 0.6 is 22.9 Å². The summed E-state index contributed by atoms with van der Waals surface area (Å²) in [6.07, 6.45) is 1.80. The van der Waals surface area contributed by atoms with E-state index in [2.05, 4.69) is 45.9 Å². The van der Waals surface area contributed by atoms with Crippen LogP contribution in [-0.4, -0.2) is 14.5 Å². The molecule has 0 radical (unpaired) electrons. The summed E-state index contributed by atoms with van der Waals surface area (Å²) in [6.45, 7) is 5.31. The van der Waals surface area contributed by atoms with Gasteiger partial charge in [0, 0.05) is 23.0 Å². The molecule has 3 rings (SSSR count). The summed E-state index contributed by atoms with van der Waals surface area (Å²) in [4.78, 5) is 10.4. The Hall–Kier alpha value is -1.39. The average molecular weight is 306 g/mol. The van der Waals surface area contributed by atoms with Crippen LogP contribution in [0.5, 0.6) is 0 Å². The van der Waals surface area contributed by atoms with Crippen molar-refractivity contribution < 1.29 is 0 Å². The van der Waals surface area contributed by atoms with Gasteiger partial charge in [-0.2, -0.15) is 0 Å². The number of hydrogen-bond acceptors (Lipinski definition) is 3. The first-order chi connectivity index (χ1) is 9.62. The Morgan fingerprint density at radius 1 is 1.30 bits per heavy atom. The van der Waals surface area contributed by atoms with Gasteiger partial charge in [0.15, 0.2) is 5.65 Å². The Balaban J connectivity index is 2.06. The van der Waals surface area contributed by atoms with Crippen molar-refractivity contribution in [2.24, 2.45) is 0 Å². The highest BCUT2D eigenvalue weighted by atomic mass is 35.5. The zero-order valence-electron chi connectivity index (χ0n) is 11.5. The van der Waals surface area contributed by atoms with E-state index in [1.165, 1.54) is 4.88 Å². The van der Waals surface area contributed by atoms with Gasteiger partial charge in [0.05, 0.1) is 5.88 Å². The number of pyridine rings is 1. The minimum Gasteiger partial charge on any atom is -0.311 e. The summed E-state index contributed by atoms with van der Waals surface area (Å²) in [7, 11) is 0. The molecular formula is C15H16ClN3S. The molecule has 0 aliphatic carbocycles. The number of fused-ring (bicyclic) bond motifs is 1. The first-order valence-electron chi connectivity index (χ1n) is 6.52. The molecule has 0 N–H and O–H groups in total. The van der Waals surface area contributed by atoms with E-state index in [0.29, 0.717) is 5.88 Å². The summed E-state index contributed by atoms with van der Waals surface area (Å²) in [5.41, 5.74) is 1.85. The van der Waals surface area contributed by atoms with Crippen molar-refractivity contribution in [2.45, 2.75) is 31.7 Å². The predicted octanol–water partition coefficient (Wildman–Crippen LogP) is 4.21. The number of hydrogen-bond donors (Lipinski definition) is 0. The van der Waals surface area contributed by atoms with Gasteiger partial charge in [-0.25, -0.2) is 9.97 Å². The number of thiophene rings is 1. The largest absolute Gasteiger partial charge is 0.311 e. The van der Waals surface area contributed by atoms with E-state index in [-0.39, 0.29) is 5.41 Å². The lowest BCUT2D eigenvalue weighted by molar-refractivity contribution is 0.441. The Morgan fingerprint density at radius 2 is 2.15 bits per heavy atom. The van der Waals surface area contributed by atoms with Crippen molar-refractivity contribution in [1.82, 2.24) is 14.5 Å². The number of halogens is 1. The molecule has 0 aromatic carbocycles. The zero-order chi connectivity index (χ0) is 14.2. The van der Waals surface area contributed by atoms with Crippen LogP contribution < -0.4 is 0 Å². The van der Waals surface area contributed by atoms with Crippen molar-refractivity contribution >= 4 is 34.1 Å². The lowest BCUT2D eigenvalue weighted by Gasteiger charge is -2.24. The van der Waals surface area contributed by atoms with Gasteiger partial charge in [0.2, 0.25) is 0 Å². The summed E-state index contributed by atoms with van der Waals surface area (Å²) in [6, 6.07) is 8.15. The first-order valence-corrected chi connectivity index (χ1v) is 7.93. The van der Waals surface area contributed by atoms with Crippen LogP contribution in [0.15, 0.2) is 35.8 Å². The molecule has 3 aromatic rings. The fraction of sp³-hybridized carbons (Fsp3) is 0.333. The number of imidazole rings is 1. The van der Waals surface area contributed by atoms with E-state index in [4.69, 9.17) is 11.6 Å². The normalized spacial score (nSPS) is 12.2. The van der Waals surface area contributed by atoms with Crippen molar-refractivity contribution in [2.75, 3.05) is 0 Å². The number of rotatable bonds is 4. The zero-order valence-corrected chi connectivity index (χ0v) is 13.1. The molecule has 0 fully saturated rings. The highest BCUT2D eigenvalue weighted by Gasteiger charge is 2.25. The van der Waals surface area contributed by atoms with E-state index in [9.17, 15) is 0 Å². The maximum Gasteiger partial charge on any atom is 0.160 e. The second-order valence-electron chi connectivity index (χ2n) is 5.46. The van der Waals surface area contributed by atoms with Crippen LogP contribution in [0.4, 0.5) is 0 Å². The third-order valence-corrected chi connectivity index (χ3v) is 4.92. The van der Waals surface area contributed by atoms with Crippen molar-refractivity contribution in [3.63, 3.8) is 0 Å². The highest BCUT2D eigenvalue weighted by molar-refractivity contribution is 7.10. The van der Waals surface area contributed by atoms with Crippen LogP contribution in [-0.2, 0) is 17.8 Å². The molecule has 0 saturated heterocycles. The Bertz CT molecular complexity index is 716. The van der Waals surface area contributed by atoms with Crippen LogP contribution in [0.2, 0.25) is 0 Å². The van der Waals surface area contributed by atoms with Crippen LogP contribution in [0, 0.1) is 0 Å². The topological polar surface area (TPSA) is 30.7 Å². The fourth-order valence-corrected chi connectivity index (χ4v) is 3.46. The van der Waals surface area contributed by atoms with Gasteiger partial charge in [0.1, 0.15) is 11.3 Å². The molecule has 20 heavy (non-hydrogen) atoms. The molecule has 104 valence electrons. The molecule has 0 unspecified atom stereocenters. The molecule has 5 heteroatoms.